The van der Waals surface area contributed by atoms with Crippen LogP contribution in [0, 0.1) is 18.4 Å². The lowest BCUT2D eigenvalue weighted by molar-refractivity contribution is -0.117. The standard InChI is InChI=1S/C24H29N5O/c1-15-23(27-22-8-6-7-19(26-22)14-28(4)5)20-13-18(25-3)11-12-21(20)29(16(2)30)24(15)17-9-10-17/h6-8,11-13,15,17,23-24H,9-10,14H2,1-2,4-5H3,(H,26,27)/t15-,23-,24-/m1/s1. The van der Waals surface area contributed by atoms with Crippen molar-refractivity contribution in [2.75, 3.05) is 24.3 Å². The number of pyridine rings is 1. The van der Waals surface area contributed by atoms with Crippen LogP contribution in [0.15, 0.2) is 36.4 Å². The number of nitrogens with zero attached hydrogens (tertiary/aromatic N) is 4. The molecule has 0 bridgehead atoms. The molecule has 1 aliphatic heterocycles. The van der Waals surface area contributed by atoms with E-state index in [-0.39, 0.29) is 23.9 Å². The second-order valence-corrected chi connectivity index (χ2v) is 8.81. The third-order valence-corrected chi connectivity index (χ3v) is 6.13. The van der Waals surface area contributed by atoms with E-state index in [9.17, 15) is 4.79 Å². The van der Waals surface area contributed by atoms with Gasteiger partial charge < -0.3 is 15.1 Å². The maximum Gasteiger partial charge on any atom is 0.224 e. The van der Waals surface area contributed by atoms with Crippen LogP contribution in [0.25, 0.3) is 4.85 Å². The van der Waals surface area contributed by atoms with Crippen LogP contribution in [0.1, 0.15) is 44.0 Å². The zero-order chi connectivity index (χ0) is 21.4. The molecule has 3 atom stereocenters. The van der Waals surface area contributed by atoms with E-state index in [4.69, 9.17) is 11.6 Å². The van der Waals surface area contributed by atoms with E-state index in [1.807, 2.05) is 55.4 Å². The number of hydrogen-bond acceptors (Lipinski definition) is 4. The molecule has 6 nitrogen and oxygen atoms in total. The van der Waals surface area contributed by atoms with Crippen molar-refractivity contribution in [3.05, 3.63) is 59.1 Å². The van der Waals surface area contributed by atoms with E-state index in [2.05, 4.69) is 22.0 Å². The number of benzene rings is 1. The lowest BCUT2D eigenvalue weighted by Crippen LogP contribution is -2.51. The molecule has 30 heavy (non-hydrogen) atoms. The fraction of sp³-hybridized carbons (Fsp3) is 0.458. The molecular formula is C24H29N5O. The number of nitrogens with one attached hydrogen (secondary N) is 1. The lowest BCUT2D eigenvalue weighted by Gasteiger charge is -2.46. The second kappa shape index (κ2) is 8.08. The van der Waals surface area contributed by atoms with Crippen LogP contribution >= 0.6 is 0 Å². The van der Waals surface area contributed by atoms with E-state index in [1.54, 1.807) is 6.92 Å². The smallest absolute Gasteiger partial charge is 0.224 e. The van der Waals surface area contributed by atoms with Crippen molar-refractivity contribution in [2.45, 2.75) is 45.3 Å². The molecule has 0 saturated heterocycles. The first-order chi connectivity index (χ1) is 14.4. The van der Waals surface area contributed by atoms with Crippen LogP contribution < -0.4 is 10.2 Å². The summed E-state index contributed by atoms with van der Waals surface area (Å²) in [5.74, 6) is 1.64. The SMILES string of the molecule is [C-]#[N+]c1ccc2c(c1)[C@H](Nc1cccc(CN(C)C)n1)[C@@H](C)[C@H](C1CC1)N2C(C)=O. The summed E-state index contributed by atoms with van der Waals surface area (Å²) in [5, 5.41) is 3.65. The third-order valence-electron chi connectivity index (χ3n) is 6.13. The van der Waals surface area contributed by atoms with Crippen LogP contribution in [0.4, 0.5) is 17.2 Å². The van der Waals surface area contributed by atoms with Gasteiger partial charge in [0.25, 0.3) is 0 Å². The summed E-state index contributed by atoms with van der Waals surface area (Å²) >= 11 is 0. The lowest BCUT2D eigenvalue weighted by atomic mass is 9.79. The Hall–Kier alpha value is -2.91. The zero-order valence-corrected chi connectivity index (χ0v) is 18.1. The normalized spacial score (nSPS) is 23.1. The molecule has 1 aromatic carbocycles. The van der Waals surface area contributed by atoms with Crippen molar-refractivity contribution in [1.82, 2.24) is 9.88 Å². The van der Waals surface area contributed by atoms with E-state index in [0.717, 1.165) is 42.1 Å². The number of rotatable bonds is 5. The van der Waals surface area contributed by atoms with Crippen LogP contribution in [0.2, 0.25) is 0 Å². The van der Waals surface area contributed by atoms with Crippen molar-refractivity contribution in [3.63, 3.8) is 0 Å². The number of amides is 1. The van der Waals surface area contributed by atoms with E-state index >= 15 is 0 Å². The van der Waals surface area contributed by atoms with Gasteiger partial charge in [0.1, 0.15) is 5.82 Å². The highest BCUT2D eigenvalue weighted by molar-refractivity contribution is 5.94. The first kappa shape index (κ1) is 20.4. The molecule has 2 aromatic rings. The van der Waals surface area contributed by atoms with Gasteiger partial charge in [-0.2, -0.15) is 0 Å². The highest BCUT2D eigenvalue weighted by atomic mass is 16.2. The monoisotopic (exact) mass is 403 g/mol. The molecule has 0 spiro atoms. The van der Waals surface area contributed by atoms with Crippen molar-refractivity contribution >= 4 is 23.1 Å². The number of hydrogen-bond donors (Lipinski definition) is 1. The average Bonchev–Trinajstić information content (AvgIpc) is 3.53. The minimum atomic E-state index is -0.00925. The molecule has 1 amide bonds. The molecule has 1 saturated carbocycles. The fourth-order valence-electron chi connectivity index (χ4n) is 4.75. The summed E-state index contributed by atoms with van der Waals surface area (Å²) in [6.07, 6.45) is 2.33. The average molecular weight is 404 g/mol. The summed E-state index contributed by atoms with van der Waals surface area (Å²) in [6.45, 7) is 12.1. The van der Waals surface area contributed by atoms with Gasteiger partial charge >= 0.3 is 0 Å². The Morgan fingerprint density at radius 2 is 2.07 bits per heavy atom. The Morgan fingerprint density at radius 1 is 1.30 bits per heavy atom. The predicted octanol–water partition coefficient (Wildman–Crippen LogP) is 4.63. The highest BCUT2D eigenvalue weighted by Gasteiger charge is 2.47. The maximum absolute atomic E-state index is 12.6. The largest absolute Gasteiger partial charge is 0.363 e. The number of aromatic nitrogens is 1. The minimum Gasteiger partial charge on any atom is -0.363 e. The second-order valence-electron chi connectivity index (χ2n) is 8.81. The van der Waals surface area contributed by atoms with Crippen molar-refractivity contribution < 1.29 is 4.79 Å². The molecule has 0 radical (unpaired) electrons. The van der Waals surface area contributed by atoms with Crippen molar-refractivity contribution in [1.29, 1.82) is 0 Å². The Balaban J connectivity index is 1.76. The maximum atomic E-state index is 12.6. The Labute approximate surface area is 178 Å². The van der Waals surface area contributed by atoms with Gasteiger partial charge in [-0.3, -0.25) is 4.79 Å². The molecule has 1 fully saturated rings. The summed E-state index contributed by atoms with van der Waals surface area (Å²) < 4.78 is 0. The Kier molecular flexibility index (Phi) is 5.48. The first-order valence-corrected chi connectivity index (χ1v) is 10.6. The van der Waals surface area contributed by atoms with Gasteiger partial charge in [0.15, 0.2) is 5.69 Å². The van der Waals surface area contributed by atoms with E-state index in [0.29, 0.717) is 11.6 Å². The molecule has 1 aliphatic carbocycles. The zero-order valence-electron chi connectivity index (χ0n) is 18.1. The van der Waals surface area contributed by atoms with Crippen LogP contribution in [0.3, 0.4) is 0 Å². The Morgan fingerprint density at radius 3 is 2.70 bits per heavy atom. The van der Waals surface area contributed by atoms with E-state index < -0.39 is 0 Å². The van der Waals surface area contributed by atoms with Gasteiger partial charge in [-0.05, 0) is 62.7 Å². The number of anilines is 2. The number of carbonyl (C=O) groups is 1. The summed E-state index contributed by atoms with van der Waals surface area (Å²) in [6, 6.07) is 11.9. The number of carbonyl (C=O) groups excluding carboxylic acids is 1. The Bertz CT molecular complexity index is 991. The molecule has 0 unspecified atom stereocenters. The van der Waals surface area contributed by atoms with Gasteiger partial charge in [-0.1, -0.05) is 19.1 Å². The van der Waals surface area contributed by atoms with Crippen LogP contribution in [0.5, 0.6) is 0 Å². The molecule has 1 N–H and O–H groups in total. The molecular weight excluding hydrogens is 374 g/mol. The summed E-state index contributed by atoms with van der Waals surface area (Å²) in [7, 11) is 4.06. The van der Waals surface area contributed by atoms with Crippen LogP contribution in [-0.4, -0.2) is 35.9 Å². The van der Waals surface area contributed by atoms with E-state index in [1.165, 1.54) is 0 Å². The molecule has 156 valence electrons. The summed E-state index contributed by atoms with van der Waals surface area (Å²) in [5.41, 5.74) is 3.53. The molecule has 2 aliphatic rings. The van der Waals surface area contributed by atoms with Gasteiger partial charge in [0, 0.05) is 31.1 Å². The topological polar surface area (TPSA) is 52.8 Å². The third kappa shape index (κ3) is 3.90. The summed E-state index contributed by atoms with van der Waals surface area (Å²) in [4.78, 5) is 25.1. The quantitative estimate of drug-likeness (QED) is 0.740. The van der Waals surface area contributed by atoms with Gasteiger partial charge in [-0.15, -0.1) is 0 Å². The van der Waals surface area contributed by atoms with Gasteiger partial charge in [0.2, 0.25) is 5.91 Å². The first-order valence-electron chi connectivity index (χ1n) is 10.6. The van der Waals surface area contributed by atoms with Gasteiger partial charge in [0.05, 0.1) is 18.3 Å². The fourth-order valence-corrected chi connectivity index (χ4v) is 4.75. The van der Waals surface area contributed by atoms with Crippen molar-refractivity contribution in [3.8, 4) is 0 Å². The van der Waals surface area contributed by atoms with Gasteiger partial charge in [-0.25, -0.2) is 9.83 Å². The number of fused-ring (bicyclic) bond motifs is 1. The molecule has 4 rings (SSSR count). The van der Waals surface area contributed by atoms with Crippen molar-refractivity contribution in [2.24, 2.45) is 11.8 Å². The molecule has 2 heterocycles. The minimum absolute atomic E-state index is 0.00925. The van der Waals surface area contributed by atoms with Crippen LogP contribution in [-0.2, 0) is 11.3 Å². The predicted molar refractivity (Wildman–Crippen MR) is 120 cm³/mol. The highest BCUT2D eigenvalue weighted by Crippen LogP contribution is 2.50. The molecule has 6 heteroatoms. The molecule has 1 aromatic heterocycles.